The minimum atomic E-state index is -0.434. The molecule has 3 heterocycles. The van der Waals surface area contributed by atoms with E-state index in [9.17, 15) is 4.79 Å². The first kappa shape index (κ1) is 18.6. The van der Waals surface area contributed by atoms with E-state index >= 15 is 0 Å². The van der Waals surface area contributed by atoms with Gasteiger partial charge in [0, 0.05) is 17.9 Å². The van der Waals surface area contributed by atoms with Crippen molar-refractivity contribution in [3.63, 3.8) is 0 Å². The quantitative estimate of drug-likeness (QED) is 0.648. The Hall–Kier alpha value is -0.745. The van der Waals surface area contributed by atoms with Gasteiger partial charge in [0.05, 0.1) is 11.2 Å². The summed E-state index contributed by atoms with van der Waals surface area (Å²) in [4.78, 5) is 14.7. The molecule has 3 atom stereocenters. The van der Waals surface area contributed by atoms with Crippen molar-refractivity contribution in [1.29, 1.82) is 0 Å². The van der Waals surface area contributed by atoms with Gasteiger partial charge in [0.25, 0.3) is 0 Å². The molecule has 3 saturated heterocycles. The number of rotatable bonds is 1. The molecule has 6 heteroatoms. The van der Waals surface area contributed by atoms with Gasteiger partial charge in [-0.3, -0.25) is 0 Å². The number of hydrogen-bond acceptors (Lipinski definition) is 4. The third kappa shape index (κ3) is 2.88. The highest BCUT2D eigenvalue weighted by Crippen LogP contribution is 2.70. The first-order valence-corrected chi connectivity index (χ1v) is 10.2. The topological polar surface area (TPSA) is 48.0 Å². The van der Waals surface area contributed by atoms with Gasteiger partial charge in [0.15, 0.2) is 0 Å². The lowest BCUT2D eigenvalue weighted by Crippen LogP contribution is -2.49. The van der Waals surface area contributed by atoms with E-state index in [4.69, 9.17) is 14.0 Å². The first-order chi connectivity index (χ1) is 11.8. The Bertz CT molecular complexity index is 581. The third-order valence-electron chi connectivity index (χ3n) is 7.36. The fourth-order valence-corrected chi connectivity index (χ4v) is 5.28. The minimum Gasteiger partial charge on any atom is -0.444 e. The fourth-order valence-electron chi connectivity index (χ4n) is 5.28. The number of piperidine rings is 1. The van der Waals surface area contributed by atoms with Gasteiger partial charge in [-0.15, -0.1) is 0 Å². The molecule has 4 fully saturated rings. The second-order valence-corrected chi connectivity index (χ2v) is 11.0. The number of carbonyl (C=O) groups is 1. The molecule has 1 amide bonds. The number of nitrogens with zero attached hydrogens (tertiary/aromatic N) is 1. The zero-order valence-corrected chi connectivity index (χ0v) is 17.4. The van der Waals surface area contributed by atoms with Crippen LogP contribution in [0.25, 0.3) is 0 Å². The molecule has 0 N–H and O–H groups in total. The summed E-state index contributed by atoms with van der Waals surface area (Å²) in [7, 11) is -0.104. The maximum atomic E-state index is 12.7. The van der Waals surface area contributed by atoms with Gasteiger partial charge < -0.3 is 18.9 Å². The molecule has 3 aliphatic heterocycles. The number of hydrogen-bond donors (Lipinski definition) is 0. The first-order valence-electron chi connectivity index (χ1n) is 10.2. The van der Waals surface area contributed by atoms with E-state index in [1.165, 1.54) is 6.42 Å². The fraction of sp³-hybridized carbons (Fsp3) is 0.950. The number of amides is 1. The molecule has 4 rings (SSSR count). The summed E-state index contributed by atoms with van der Waals surface area (Å²) >= 11 is 0. The standard InChI is InChI=1S/C20H34BNO4/c1-17(2,3)24-16(23)22-13-8-9-14(22)11-20(10-13)12-15(20)21-25-18(4,5)19(6,7)26-21/h13-15H,8-12H2,1-7H3. The summed E-state index contributed by atoms with van der Waals surface area (Å²) in [5, 5.41) is 0. The number of ether oxygens (including phenoxy) is 1. The zero-order chi connectivity index (χ0) is 19.1. The van der Waals surface area contributed by atoms with E-state index in [0.29, 0.717) is 23.3 Å². The predicted octanol–water partition coefficient (Wildman–Crippen LogP) is 4.40. The van der Waals surface area contributed by atoms with Crippen LogP contribution in [0.1, 0.15) is 80.6 Å². The average molecular weight is 363 g/mol. The van der Waals surface area contributed by atoms with Crippen molar-refractivity contribution >= 4 is 13.2 Å². The van der Waals surface area contributed by atoms with E-state index in [0.717, 1.165) is 25.7 Å². The van der Waals surface area contributed by atoms with E-state index in [2.05, 4.69) is 27.7 Å². The molecule has 1 spiro atoms. The summed E-state index contributed by atoms with van der Waals surface area (Å²) in [5.74, 6) is 0.465. The van der Waals surface area contributed by atoms with Crippen molar-refractivity contribution in [1.82, 2.24) is 4.90 Å². The van der Waals surface area contributed by atoms with Crippen molar-refractivity contribution in [3.8, 4) is 0 Å². The van der Waals surface area contributed by atoms with Crippen LogP contribution in [0.4, 0.5) is 4.79 Å². The zero-order valence-electron chi connectivity index (χ0n) is 17.4. The molecule has 0 aromatic carbocycles. The molecule has 0 aromatic rings. The molecule has 1 aliphatic carbocycles. The highest BCUT2D eigenvalue weighted by Gasteiger charge is 2.69. The highest BCUT2D eigenvalue weighted by molar-refractivity contribution is 6.49. The van der Waals surface area contributed by atoms with Gasteiger partial charge in [-0.1, -0.05) is 0 Å². The van der Waals surface area contributed by atoms with Crippen molar-refractivity contribution < 1.29 is 18.8 Å². The van der Waals surface area contributed by atoms with E-state index in [1.54, 1.807) is 0 Å². The van der Waals surface area contributed by atoms with Crippen LogP contribution in [0.5, 0.6) is 0 Å². The summed E-state index contributed by atoms with van der Waals surface area (Å²) < 4.78 is 18.3. The lowest BCUT2D eigenvalue weighted by molar-refractivity contribution is -0.0000635. The minimum absolute atomic E-state index is 0.104. The number of fused-ring (bicyclic) bond motifs is 2. The van der Waals surface area contributed by atoms with Gasteiger partial charge in [-0.05, 0) is 86.0 Å². The summed E-state index contributed by atoms with van der Waals surface area (Å²) in [6.45, 7) is 14.3. The van der Waals surface area contributed by atoms with Gasteiger partial charge >= 0.3 is 13.2 Å². The van der Waals surface area contributed by atoms with Crippen LogP contribution < -0.4 is 0 Å². The maximum Gasteiger partial charge on any atom is 0.461 e. The molecule has 5 nitrogen and oxygen atoms in total. The predicted molar refractivity (Wildman–Crippen MR) is 101 cm³/mol. The Labute approximate surface area is 158 Å². The largest absolute Gasteiger partial charge is 0.461 e. The molecule has 26 heavy (non-hydrogen) atoms. The lowest BCUT2D eigenvalue weighted by atomic mass is 9.72. The molecule has 3 unspecified atom stereocenters. The van der Waals surface area contributed by atoms with Crippen LogP contribution in [-0.2, 0) is 14.0 Å². The summed E-state index contributed by atoms with van der Waals surface area (Å²) in [6, 6.07) is 0.632. The van der Waals surface area contributed by atoms with Crippen LogP contribution in [0.3, 0.4) is 0 Å². The Morgan fingerprint density at radius 3 is 1.96 bits per heavy atom. The second-order valence-electron chi connectivity index (χ2n) is 11.0. The van der Waals surface area contributed by atoms with Crippen LogP contribution in [0.15, 0.2) is 0 Å². The monoisotopic (exact) mass is 363 g/mol. The van der Waals surface area contributed by atoms with Crippen LogP contribution in [0, 0.1) is 5.41 Å². The Balaban J connectivity index is 1.44. The van der Waals surface area contributed by atoms with Gasteiger partial charge in [0.1, 0.15) is 5.60 Å². The highest BCUT2D eigenvalue weighted by atomic mass is 16.7. The molecule has 4 aliphatic rings. The Kier molecular flexibility index (Phi) is 3.87. The van der Waals surface area contributed by atoms with E-state index in [1.807, 2.05) is 25.7 Å². The van der Waals surface area contributed by atoms with Crippen LogP contribution in [0.2, 0.25) is 5.82 Å². The van der Waals surface area contributed by atoms with Crippen LogP contribution >= 0.6 is 0 Å². The summed E-state index contributed by atoms with van der Waals surface area (Å²) in [6.07, 6.45) is 5.37. The van der Waals surface area contributed by atoms with Crippen molar-refractivity contribution in [2.45, 2.75) is 115 Å². The SMILES string of the molecule is CC(C)(C)OC(=O)N1C2CCC1CC1(C2)CC1B1OC(C)(C)C(C)(C)O1. The van der Waals surface area contributed by atoms with Crippen molar-refractivity contribution in [2.75, 3.05) is 0 Å². The van der Waals surface area contributed by atoms with Gasteiger partial charge in [0.2, 0.25) is 0 Å². The Morgan fingerprint density at radius 2 is 1.50 bits per heavy atom. The maximum absolute atomic E-state index is 12.7. The molecular formula is C20H34BNO4. The van der Waals surface area contributed by atoms with Gasteiger partial charge in [-0.2, -0.15) is 0 Å². The van der Waals surface area contributed by atoms with Crippen LogP contribution in [-0.4, -0.2) is 47.0 Å². The molecule has 2 bridgehead atoms. The molecule has 0 radical (unpaired) electrons. The van der Waals surface area contributed by atoms with Crippen molar-refractivity contribution in [2.24, 2.45) is 5.41 Å². The average Bonchev–Trinajstić information content (AvgIpc) is 2.98. The third-order valence-corrected chi connectivity index (χ3v) is 7.36. The second kappa shape index (κ2) is 5.41. The summed E-state index contributed by atoms with van der Waals surface area (Å²) in [5.41, 5.74) is -0.669. The molecule has 1 saturated carbocycles. The molecule has 0 aromatic heterocycles. The van der Waals surface area contributed by atoms with E-state index < -0.39 is 5.60 Å². The Morgan fingerprint density at radius 1 is 1.00 bits per heavy atom. The lowest BCUT2D eigenvalue weighted by Gasteiger charge is -2.40. The molecule has 146 valence electrons. The number of carbonyl (C=O) groups excluding carboxylic acids is 1. The normalized spacial score (nSPS) is 40.2. The molecular weight excluding hydrogens is 329 g/mol. The van der Waals surface area contributed by atoms with Gasteiger partial charge in [-0.25, -0.2) is 4.79 Å². The van der Waals surface area contributed by atoms with Crippen molar-refractivity contribution in [3.05, 3.63) is 0 Å². The smallest absolute Gasteiger partial charge is 0.444 e. The van der Waals surface area contributed by atoms with E-state index in [-0.39, 0.29) is 24.4 Å².